The highest BCUT2D eigenvalue weighted by atomic mass is 16.1. The summed E-state index contributed by atoms with van der Waals surface area (Å²) >= 11 is 0. The molecule has 28 heavy (non-hydrogen) atoms. The second-order valence-electron chi connectivity index (χ2n) is 6.90. The Hall–Kier alpha value is -3.59. The molecule has 1 aliphatic rings. The van der Waals surface area contributed by atoms with E-state index in [0.717, 1.165) is 36.0 Å². The first kappa shape index (κ1) is 17.8. The number of pyridine rings is 1. The number of carbonyl (C=O) groups is 1. The molecule has 1 N–H and O–H groups in total. The molecule has 1 unspecified atom stereocenters. The van der Waals surface area contributed by atoms with Gasteiger partial charge in [0.15, 0.2) is 5.82 Å². The number of benzene rings is 1. The van der Waals surface area contributed by atoms with Crippen LogP contribution in [0, 0.1) is 18.3 Å². The third-order valence-electron chi connectivity index (χ3n) is 5.01. The molecular weight excluding hydrogens is 350 g/mol. The number of rotatable bonds is 3. The van der Waals surface area contributed by atoms with Gasteiger partial charge in [-0.2, -0.15) is 5.26 Å². The third kappa shape index (κ3) is 3.47. The monoisotopic (exact) mass is 369 g/mol. The Morgan fingerprint density at radius 1 is 1.25 bits per heavy atom. The number of carbonyl (C=O) groups excluding carboxylic acids is 1. The summed E-state index contributed by atoms with van der Waals surface area (Å²) in [5.41, 5.74) is 4.17. The summed E-state index contributed by atoms with van der Waals surface area (Å²) in [6, 6.07) is 13.3. The van der Waals surface area contributed by atoms with E-state index in [1.54, 1.807) is 18.5 Å². The van der Waals surface area contributed by atoms with Crippen molar-refractivity contribution >= 4 is 11.7 Å². The molecule has 4 rings (SSSR count). The summed E-state index contributed by atoms with van der Waals surface area (Å²) in [6.45, 7) is 1.87. The van der Waals surface area contributed by atoms with Gasteiger partial charge in [0.1, 0.15) is 11.5 Å². The first-order valence-electron chi connectivity index (χ1n) is 9.24. The molecule has 138 valence electrons. The molecule has 1 aromatic carbocycles. The summed E-state index contributed by atoms with van der Waals surface area (Å²) in [6.07, 6.45) is 5.97. The van der Waals surface area contributed by atoms with Crippen molar-refractivity contribution in [1.29, 1.82) is 5.26 Å². The Labute approximate surface area is 163 Å². The van der Waals surface area contributed by atoms with Crippen LogP contribution in [0.3, 0.4) is 0 Å². The normalized spacial score (nSPS) is 15.4. The van der Waals surface area contributed by atoms with Crippen LogP contribution >= 0.6 is 0 Å². The molecule has 2 heterocycles. The predicted molar refractivity (Wildman–Crippen MR) is 105 cm³/mol. The number of anilines is 1. The SMILES string of the molecule is Cc1cnc(-c2ccccn2)nc1NC(=O)C1CCCc2cc(C#N)ccc21. The number of hydrogen-bond acceptors (Lipinski definition) is 5. The van der Waals surface area contributed by atoms with Gasteiger partial charge in [0.25, 0.3) is 0 Å². The van der Waals surface area contributed by atoms with Gasteiger partial charge in [0.05, 0.1) is 17.6 Å². The van der Waals surface area contributed by atoms with E-state index in [1.807, 2.05) is 37.3 Å². The van der Waals surface area contributed by atoms with Crippen molar-refractivity contribution in [3.8, 4) is 17.6 Å². The van der Waals surface area contributed by atoms with Gasteiger partial charge < -0.3 is 5.32 Å². The molecule has 0 fully saturated rings. The van der Waals surface area contributed by atoms with Gasteiger partial charge in [-0.1, -0.05) is 12.1 Å². The van der Waals surface area contributed by atoms with Gasteiger partial charge in [0, 0.05) is 18.0 Å². The lowest BCUT2D eigenvalue weighted by Gasteiger charge is -2.25. The fraction of sp³-hybridized carbons (Fsp3) is 0.227. The molecule has 0 radical (unpaired) electrons. The predicted octanol–water partition coefficient (Wildman–Crippen LogP) is 3.78. The Morgan fingerprint density at radius 3 is 2.93 bits per heavy atom. The molecule has 3 aromatic rings. The van der Waals surface area contributed by atoms with Crippen LogP contribution in [-0.4, -0.2) is 20.9 Å². The lowest BCUT2D eigenvalue weighted by atomic mass is 9.81. The molecule has 0 aliphatic heterocycles. The number of amides is 1. The molecule has 1 amide bonds. The highest BCUT2D eigenvalue weighted by Gasteiger charge is 2.27. The first-order valence-corrected chi connectivity index (χ1v) is 9.24. The second kappa shape index (κ2) is 7.57. The molecule has 0 bridgehead atoms. The van der Waals surface area contributed by atoms with Crippen LogP contribution in [0.5, 0.6) is 0 Å². The maximum atomic E-state index is 13.0. The summed E-state index contributed by atoms with van der Waals surface area (Å²) < 4.78 is 0. The highest BCUT2D eigenvalue weighted by molar-refractivity contribution is 5.96. The lowest BCUT2D eigenvalue weighted by molar-refractivity contribution is -0.117. The molecule has 0 saturated carbocycles. The van der Waals surface area contributed by atoms with E-state index < -0.39 is 0 Å². The molecule has 0 saturated heterocycles. The van der Waals surface area contributed by atoms with Crippen molar-refractivity contribution < 1.29 is 4.79 Å². The van der Waals surface area contributed by atoms with Gasteiger partial charge in [0.2, 0.25) is 5.91 Å². The third-order valence-corrected chi connectivity index (χ3v) is 5.01. The first-order chi connectivity index (χ1) is 13.7. The van der Waals surface area contributed by atoms with Crippen LogP contribution < -0.4 is 5.32 Å². The quantitative estimate of drug-likeness (QED) is 0.758. The van der Waals surface area contributed by atoms with Gasteiger partial charge >= 0.3 is 0 Å². The van der Waals surface area contributed by atoms with Gasteiger partial charge in [-0.15, -0.1) is 0 Å². The van der Waals surface area contributed by atoms with E-state index in [-0.39, 0.29) is 11.8 Å². The van der Waals surface area contributed by atoms with Crippen LogP contribution in [-0.2, 0) is 11.2 Å². The number of hydrogen-bond donors (Lipinski definition) is 1. The van der Waals surface area contributed by atoms with E-state index in [4.69, 9.17) is 5.26 Å². The van der Waals surface area contributed by atoms with Crippen molar-refractivity contribution in [1.82, 2.24) is 15.0 Å². The molecule has 1 aliphatic carbocycles. The standard InChI is InChI=1S/C22H19N5O/c1-14-13-25-21(19-7-2-3-10-24-19)26-20(14)27-22(28)18-6-4-5-16-11-15(12-23)8-9-17(16)18/h2-3,7-11,13,18H,4-6H2,1H3,(H,25,26,27,28). The largest absolute Gasteiger partial charge is 0.310 e. The van der Waals surface area contributed by atoms with Crippen LogP contribution in [0.25, 0.3) is 11.5 Å². The minimum absolute atomic E-state index is 0.0839. The topological polar surface area (TPSA) is 91.6 Å². The summed E-state index contributed by atoms with van der Waals surface area (Å²) in [5, 5.41) is 12.1. The second-order valence-corrected chi connectivity index (χ2v) is 6.90. The summed E-state index contributed by atoms with van der Waals surface area (Å²) in [4.78, 5) is 26.1. The van der Waals surface area contributed by atoms with Crippen molar-refractivity contribution in [2.45, 2.75) is 32.1 Å². The minimum atomic E-state index is -0.246. The van der Waals surface area contributed by atoms with Gasteiger partial charge in [-0.05, 0) is 61.6 Å². The van der Waals surface area contributed by atoms with Crippen molar-refractivity contribution in [2.24, 2.45) is 0 Å². The van der Waals surface area contributed by atoms with Crippen molar-refractivity contribution in [3.63, 3.8) is 0 Å². The zero-order valence-corrected chi connectivity index (χ0v) is 15.5. The van der Waals surface area contributed by atoms with Crippen LogP contribution in [0.1, 0.15) is 41.0 Å². The number of aromatic nitrogens is 3. The van der Waals surface area contributed by atoms with E-state index in [2.05, 4.69) is 26.3 Å². The Bertz CT molecular complexity index is 1070. The Morgan fingerprint density at radius 2 is 2.14 bits per heavy atom. The molecular formula is C22H19N5O. The maximum absolute atomic E-state index is 13.0. The molecule has 0 spiro atoms. The van der Waals surface area contributed by atoms with E-state index in [9.17, 15) is 4.79 Å². The molecule has 6 heteroatoms. The van der Waals surface area contributed by atoms with Gasteiger partial charge in [-0.25, -0.2) is 9.97 Å². The summed E-state index contributed by atoms with van der Waals surface area (Å²) in [5.74, 6) is 0.647. The Balaban J connectivity index is 1.61. The van der Waals surface area contributed by atoms with Gasteiger partial charge in [-0.3, -0.25) is 9.78 Å². The average molecular weight is 369 g/mol. The van der Waals surface area contributed by atoms with Crippen LogP contribution in [0.15, 0.2) is 48.8 Å². The number of fused-ring (bicyclic) bond motifs is 1. The Kier molecular flexibility index (Phi) is 4.81. The van der Waals surface area contributed by atoms with Crippen LogP contribution in [0.2, 0.25) is 0 Å². The maximum Gasteiger partial charge on any atom is 0.233 e. The van der Waals surface area contributed by atoms with Crippen LogP contribution in [0.4, 0.5) is 5.82 Å². The van der Waals surface area contributed by atoms with Crippen molar-refractivity contribution in [3.05, 3.63) is 71.0 Å². The molecule has 2 aromatic heterocycles. The number of nitrogens with one attached hydrogen (secondary N) is 1. The van der Waals surface area contributed by atoms with E-state index in [0.29, 0.717) is 22.9 Å². The van der Waals surface area contributed by atoms with Crippen molar-refractivity contribution in [2.75, 3.05) is 5.32 Å². The zero-order valence-electron chi connectivity index (χ0n) is 15.5. The fourth-order valence-corrected chi connectivity index (χ4v) is 3.55. The van der Waals surface area contributed by atoms with E-state index in [1.165, 1.54) is 0 Å². The molecule has 6 nitrogen and oxygen atoms in total. The van der Waals surface area contributed by atoms with E-state index >= 15 is 0 Å². The minimum Gasteiger partial charge on any atom is -0.310 e. The highest BCUT2D eigenvalue weighted by Crippen LogP contribution is 2.33. The zero-order chi connectivity index (χ0) is 19.5. The average Bonchev–Trinajstić information content (AvgIpc) is 2.75. The fourth-order valence-electron chi connectivity index (χ4n) is 3.55. The number of nitrogens with zero attached hydrogens (tertiary/aromatic N) is 4. The number of nitriles is 1. The number of aryl methyl sites for hydroxylation is 2. The molecule has 1 atom stereocenters. The lowest BCUT2D eigenvalue weighted by Crippen LogP contribution is -2.25. The smallest absolute Gasteiger partial charge is 0.233 e. The summed E-state index contributed by atoms with van der Waals surface area (Å²) in [7, 11) is 0.